The second-order valence-electron chi connectivity index (χ2n) is 4.90. The lowest BCUT2D eigenvalue weighted by molar-refractivity contribution is -0.108. The average molecular weight is 348 g/mol. The minimum Gasteiger partial charge on any atom is -0.506 e. The minimum atomic E-state index is -3.90. The monoisotopic (exact) mass is 348 g/mol. The first-order chi connectivity index (χ1) is 10.2. The van der Waals surface area contributed by atoms with Gasteiger partial charge in [-0.3, -0.25) is 4.31 Å². The van der Waals surface area contributed by atoms with Gasteiger partial charge >= 0.3 is 10.2 Å². The Morgan fingerprint density at radius 3 is 2.64 bits per heavy atom. The van der Waals surface area contributed by atoms with Gasteiger partial charge in [-0.05, 0) is 17.7 Å². The van der Waals surface area contributed by atoms with Crippen molar-refractivity contribution in [2.45, 2.75) is 18.7 Å². The Hall–Kier alpha value is -1.65. The van der Waals surface area contributed by atoms with Gasteiger partial charge in [0.2, 0.25) is 0 Å². The molecule has 0 aliphatic carbocycles. The van der Waals surface area contributed by atoms with Crippen LogP contribution in [0.1, 0.15) is 12.5 Å². The number of sulfone groups is 1. The Morgan fingerprint density at radius 2 is 2.14 bits per heavy atom. The number of hydrogen-bond acceptors (Lipinski definition) is 6. The molecule has 1 fully saturated rings. The highest BCUT2D eigenvalue weighted by Gasteiger charge is 2.36. The molecule has 0 spiro atoms. The summed E-state index contributed by atoms with van der Waals surface area (Å²) in [5, 5.41) is 10.00. The normalized spacial score (nSPS) is 21.0. The lowest BCUT2D eigenvalue weighted by Crippen LogP contribution is -2.30. The molecule has 2 N–H and O–H groups in total. The van der Waals surface area contributed by atoms with Crippen LogP contribution in [0.2, 0.25) is 0 Å². The summed E-state index contributed by atoms with van der Waals surface area (Å²) in [6, 6.07) is 3.09. The molecule has 2 rings (SSSR count). The average Bonchev–Trinajstić information content (AvgIpc) is 2.74. The van der Waals surface area contributed by atoms with Crippen LogP contribution in [0.3, 0.4) is 0 Å². The highest BCUT2D eigenvalue weighted by atomic mass is 32.2. The van der Waals surface area contributed by atoms with Crippen LogP contribution in [0, 0.1) is 0 Å². The zero-order valence-corrected chi connectivity index (χ0v) is 13.4. The van der Waals surface area contributed by atoms with Crippen LogP contribution in [0.4, 0.5) is 5.69 Å². The van der Waals surface area contributed by atoms with E-state index < -0.39 is 26.1 Å². The zero-order chi connectivity index (χ0) is 16.5. The van der Waals surface area contributed by atoms with Gasteiger partial charge in [0.25, 0.3) is 0 Å². The van der Waals surface area contributed by atoms with Crippen molar-refractivity contribution in [3.8, 4) is 5.75 Å². The largest absolute Gasteiger partial charge is 0.506 e. The molecule has 0 aromatic heterocycles. The maximum absolute atomic E-state index is 11.9. The summed E-state index contributed by atoms with van der Waals surface area (Å²) in [7, 11) is -7.16. The summed E-state index contributed by atoms with van der Waals surface area (Å²) < 4.78 is 49.9. The van der Waals surface area contributed by atoms with E-state index in [2.05, 4.69) is 4.72 Å². The first-order valence-electron chi connectivity index (χ1n) is 6.46. The lowest BCUT2D eigenvalue weighted by Gasteiger charge is -2.17. The SMILES string of the molecule is CCS(=O)(=O)Cc1ccc(N2CC(C=O)NS2(=O)=O)c(O)c1. The van der Waals surface area contributed by atoms with E-state index in [1.165, 1.54) is 25.1 Å². The fourth-order valence-electron chi connectivity index (χ4n) is 2.09. The molecule has 1 unspecified atom stereocenters. The van der Waals surface area contributed by atoms with Gasteiger partial charge in [-0.15, -0.1) is 0 Å². The molecule has 1 saturated heterocycles. The standard InChI is InChI=1S/C12H16N2O6S2/c1-2-21(17,18)8-9-3-4-11(12(16)5-9)14-6-10(7-15)13-22(14,19)20/h3-5,7,10,13,16H,2,6,8H2,1H3. The number of phenols is 1. The third kappa shape index (κ3) is 3.39. The molecule has 122 valence electrons. The second-order valence-corrected chi connectivity index (χ2v) is 8.88. The van der Waals surface area contributed by atoms with E-state index in [9.17, 15) is 26.7 Å². The lowest BCUT2D eigenvalue weighted by atomic mass is 10.2. The number of nitrogens with one attached hydrogen (secondary N) is 1. The molecule has 1 aliphatic heterocycles. The maximum atomic E-state index is 11.9. The van der Waals surface area contributed by atoms with Gasteiger partial charge in [0, 0.05) is 5.75 Å². The minimum absolute atomic E-state index is 0.00510. The molecule has 0 radical (unpaired) electrons. The van der Waals surface area contributed by atoms with E-state index in [0.717, 1.165) is 4.31 Å². The third-order valence-electron chi connectivity index (χ3n) is 3.25. The van der Waals surface area contributed by atoms with Gasteiger partial charge in [-0.1, -0.05) is 13.0 Å². The predicted octanol–water partition coefficient (Wildman–Crippen LogP) is -0.451. The van der Waals surface area contributed by atoms with E-state index in [1.807, 2.05) is 0 Å². The smallest absolute Gasteiger partial charge is 0.302 e. The van der Waals surface area contributed by atoms with Gasteiger partial charge in [0.1, 0.15) is 12.0 Å². The molecule has 22 heavy (non-hydrogen) atoms. The number of benzene rings is 1. The highest BCUT2D eigenvalue weighted by molar-refractivity contribution is 7.91. The number of aromatic hydroxyl groups is 1. The number of carbonyl (C=O) groups excluding carboxylic acids is 1. The Labute approximate surface area is 128 Å². The molecule has 0 saturated carbocycles. The van der Waals surface area contributed by atoms with Crippen molar-refractivity contribution in [2.24, 2.45) is 0 Å². The molecule has 0 amide bonds. The zero-order valence-electron chi connectivity index (χ0n) is 11.8. The number of aldehydes is 1. The molecule has 1 atom stereocenters. The predicted molar refractivity (Wildman–Crippen MR) is 80.5 cm³/mol. The van der Waals surface area contributed by atoms with E-state index >= 15 is 0 Å². The van der Waals surface area contributed by atoms with Crippen LogP contribution >= 0.6 is 0 Å². The fraction of sp³-hybridized carbons (Fsp3) is 0.417. The van der Waals surface area contributed by atoms with E-state index in [1.54, 1.807) is 0 Å². The number of phenolic OH excluding ortho intramolecular Hbond substituents is 1. The van der Waals surface area contributed by atoms with Crippen molar-refractivity contribution in [1.29, 1.82) is 0 Å². The first kappa shape index (κ1) is 16.7. The number of rotatable bonds is 5. The molecule has 8 nitrogen and oxygen atoms in total. The van der Waals surface area contributed by atoms with E-state index in [4.69, 9.17) is 0 Å². The summed E-state index contributed by atoms with van der Waals surface area (Å²) in [6.07, 6.45) is 0.469. The van der Waals surface area contributed by atoms with Crippen molar-refractivity contribution in [1.82, 2.24) is 4.72 Å². The van der Waals surface area contributed by atoms with E-state index in [-0.39, 0.29) is 29.5 Å². The number of carbonyl (C=O) groups is 1. The van der Waals surface area contributed by atoms with Gasteiger partial charge in [0.15, 0.2) is 9.84 Å². The van der Waals surface area contributed by atoms with Gasteiger partial charge in [-0.2, -0.15) is 13.1 Å². The Balaban J connectivity index is 2.33. The quantitative estimate of drug-likeness (QED) is 0.695. The van der Waals surface area contributed by atoms with Crippen LogP contribution in [0.15, 0.2) is 18.2 Å². The molecule has 1 heterocycles. The number of hydrogen-bond donors (Lipinski definition) is 2. The summed E-state index contributed by atoms with van der Waals surface area (Å²) in [4.78, 5) is 10.7. The summed E-state index contributed by atoms with van der Waals surface area (Å²) in [5.41, 5.74) is 0.356. The number of nitrogens with zero attached hydrogens (tertiary/aromatic N) is 1. The van der Waals surface area contributed by atoms with Crippen molar-refractivity contribution in [2.75, 3.05) is 16.6 Å². The van der Waals surface area contributed by atoms with Crippen molar-refractivity contribution < 1.29 is 26.7 Å². The van der Waals surface area contributed by atoms with Crippen LogP contribution in [-0.4, -0.2) is 46.6 Å². The molecule has 1 aliphatic rings. The van der Waals surface area contributed by atoms with E-state index in [0.29, 0.717) is 11.8 Å². The Bertz CT molecular complexity index is 788. The molecule has 0 bridgehead atoms. The topological polar surface area (TPSA) is 121 Å². The Morgan fingerprint density at radius 1 is 1.45 bits per heavy atom. The summed E-state index contributed by atoms with van der Waals surface area (Å²) in [5.74, 6) is -0.624. The molecular formula is C12H16N2O6S2. The molecule has 1 aromatic rings. The highest BCUT2D eigenvalue weighted by Crippen LogP contribution is 2.32. The van der Waals surface area contributed by atoms with Crippen molar-refractivity contribution in [3.63, 3.8) is 0 Å². The van der Waals surface area contributed by atoms with Gasteiger partial charge in [-0.25, -0.2) is 8.42 Å². The second kappa shape index (κ2) is 5.86. The fourth-order valence-corrected chi connectivity index (χ4v) is 4.39. The summed E-state index contributed by atoms with van der Waals surface area (Å²) in [6.45, 7) is 1.39. The first-order valence-corrected chi connectivity index (χ1v) is 9.72. The Kier molecular flexibility index (Phi) is 4.45. The number of anilines is 1. The van der Waals surface area contributed by atoms with Crippen LogP contribution in [0.5, 0.6) is 5.75 Å². The van der Waals surface area contributed by atoms with Crippen molar-refractivity contribution in [3.05, 3.63) is 23.8 Å². The molecule has 1 aromatic carbocycles. The van der Waals surface area contributed by atoms with Gasteiger partial charge in [0.05, 0.1) is 24.0 Å². The van der Waals surface area contributed by atoms with Crippen LogP contribution in [-0.2, 0) is 30.6 Å². The summed E-state index contributed by atoms with van der Waals surface area (Å²) >= 11 is 0. The van der Waals surface area contributed by atoms with Crippen LogP contribution < -0.4 is 9.03 Å². The molecule has 10 heteroatoms. The maximum Gasteiger partial charge on any atom is 0.302 e. The molecular weight excluding hydrogens is 332 g/mol. The van der Waals surface area contributed by atoms with Crippen molar-refractivity contribution >= 4 is 32.0 Å². The van der Waals surface area contributed by atoms with Crippen LogP contribution in [0.25, 0.3) is 0 Å². The third-order valence-corrected chi connectivity index (χ3v) is 6.43. The van der Waals surface area contributed by atoms with Gasteiger partial charge < -0.3 is 9.90 Å².